The summed E-state index contributed by atoms with van der Waals surface area (Å²) in [6.07, 6.45) is 2.87. The molecule has 0 aliphatic carbocycles. The Morgan fingerprint density at radius 3 is 2.71 bits per heavy atom. The average molecular weight is 419 g/mol. The quantitative estimate of drug-likeness (QED) is 0.632. The second-order valence-electron chi connectivity index (χ2n) is 7.84. The van der Waals surface area contributed by atoms with Gasteiger partial charge in [-0.1, -0.05) is 37.3 Å². The molecule has 5 rings (SSSR count). The van der Waals surface area contributed by atoms with Crippen LogP contribution < -0.4 is 9.47 Å². The van der Waals surface area contributed by atoms with Crippen LogP contribution in [-0.4, -0.2) is 50.8 Å². The molecule has 8 heteroatoms. The summed E-state index contributed by atoms with van der Waals surface area (Å²) >= 11 is 0. The van der Waals surface area contributed by atoms with Crippen molar-refractivity contribution in [1.82, 2.24) is 25.1 Å². The fraction of sp³-hybridized carbons (Fsp3) is 0.391. The van der Waals surface area contributed by atoms with E-state index in [2.05, 4.69) is 34.5 Å². The van der Waals surface area contributed by atoms with Gasteiger partial charge in [0.15, 0.2) is 11.5 Å². The minimum atomic E-state index is -0.0114. The molecule has 0 spiro atoms. The van der Waals surface area contributed by atoms with Crippen LogP contribution in [0.15, 0.2) is 42.5 Å². The molecule has 160 valence electrons. The van der Waals surface area contributed by atoms with Crippen molar-refractivity contribution in [3.05, 3.63) is 53.6 Å². The zero-order valence-electron chi connectivity index (χ0n) is 17.5. The van der Waals surface area contributed by atoms with E-state index in [0.717, 1.165) is 48.4 Å². The summed E-state index contributed by atoms with van der Waals surface area (Å²) in [4.78, 5) is 16.3. The van der Waals surface area contributed by atoms with Crippen molar-refractivity contribution in [2.75, 3.05) is 19.8 Å². The van der Waals surface area contributed by atoms with Gasteiger partial charge in [0, 0.05) is 12.1 Å². The third-order valence-corrected chi connectivity index (χ3v) is 5.87. The van der Waals surface area contributed by atoms with E-state index in [-0.39, 0.29) is 18.5 Å². The molecule has 0 bridgehead atoms. The molecule has 3 aromatic rings. The van der Waals surface area contributed by atoms with Gasteiger partial charge >= 0.3 is 0 Å². The molecule has 0 unspecified atom stereocenters. The Morgan fingerprint density at radius 1 is 1.10 bits per heavy atom. The first-order valence-corrected chi connectivity index (χ1v) is 10.8. The van der Waals surface area contributed by atoms with E-state index in [1.807, 2.05) is 35.2 Å². The van der Waals surface area contributed by atoms with Gasteiger partial charge in [-0.15, -0.1) is 10.2 Å². The Bertz CT molecular complexity index is 1080. The number of rotatable bonds is 5. The van der Waals surface area contributed by atoms with Gasteiger partial charge in [0.1, 0.15) is 19.8 Å². The highest BCUT2D eigenvalue weighted by Crippen LogP contribution is 2.38. The molecule has 1 atom stereocenters. The summed E-state index contributed by atoms with van der Waals surface area (Å²) in [6.45, 7) is 4.02. The second-order valence-corrected chi connectivity index (χ2v) is 7.84. The summed E-state index contributed by atoms with van der Waals surface area (Å²) in [6, 6.07) is 14.1. The van der Waals surface area contributed by atoms with E-state index in [1.54, 1.807) is 0 Å². The van der Waals surface area contributed by atoms with E-state index < -0.39 is 0 Å². The van der Waals surface area contributed by atoms with Crippen LogP contribution in [0.1, 0.15) is 36.9 Å². The number of likely N-dealkylation sites (tertiary alicyclic amines) is 1. The molecule has 1 aromatic heterocycles. The van der Waals surface area contributed by atoms with Crippen molar-refractivity contribution in [2.45, 2.75) is 38.8 Å². The largest absolute Gasteiger partial charge is 0.486 e. The molecule has 1 saturated heterocycles. The van der Waals surface area contributed by atoms with E-state index >= 15 is 0 Å². The summed E-state index contributed by atoms with van der Waals surface area (Å²) in [5.41, 5.74) is 3.22. The summed E-state index contributed by atoms with van der Waals surface area (Å²) in [7, 11) is 0. The van der Waals surface area contributed by atoms with Crippen LogP contribution in [0.2, 0.25) is 0 Å². The molecule has 1 fully saturated rings. The fourth-order valence-corrected chi connectivity index (χ4v) is 4.21. The summed E-state index contributed by atoms with van der Waals surface area (Å²) in [5.74, 6) is 2.03. The minimum Gasteiger partial charge on any atom is -0.486 e. The highest BCUT2D eigenvalue weighted by molar-refractivity contribution is 5.76. The molecule has 2 aromatic carbocycles. The van der Waals surface area contributed by atoms with Gasteiger partial charge < -0.3 is 14.4 Å². The number of amides is 1. The number of hydrogen-bond donors (Lipinski definition) is 0. The number of carbonyl (C=O) groups excluding carboxylic acids is 1. The Morgan fingerprint density at radius 2 is 1.90 bits per heavy atom. The van der Waals surface area contributed by atoms with Crippen LogP contribution in [0.5, 0.6) is 11.5 Å². The number of hydrogen-bond acceptors (Lipinski definition) is 6. The lowest BCUT2D eigenvalue weighted by Gasteiger charge is -2.26. The van der Waals surface area contributed by atoms with Crippen molar-refractivity contribution in [1.29, 1.82) is 0 Å². The van der Waals surface area contributed by atoms with Gasteiger partial charge in [0.05, 0.1) is 6.04 Å². The summed E-state index contributed by atoms with van der Waals surface area (Å²) in [5, 5.41) is 12.6. The van der Waals surface area contributed by atoms with Gasteiger partial charge in [-0.3, -0.25) is 4.79 Å². The lowest BCUT2D eigenvalue weighted by molar-refractivity contribution is -0.133. The van der Waals surface area contributed by atoms with Crippen LogP contribution in [0.25, 0.3) is 11.4 Å². The van der Waals surface area contributed by atoms with Crippen molar-refractivity contribution in [2.24, 2.45) is 0 Å². The molecular formula is C23H25N5O3. The topological polar surface area (TPSA) is 82.4 Å². The van der Waals surface area contributed by atoms with Gasteiger partial charge in [-0.25, -0.2) is 0 Å². The lowest BCUT2D eigenvalue weighted by atomic mass is 10.0. The Labute approximate surface area is 180 Å². The van der Waals surface area contributed by atoms with Crippen LogP contribution in [0, 0.1) is 0 Å². The van der Waals surface area contributed by atoms with Crippen LogP contribution >= 0.6 is 0 Å². The normalized spacial score (nSPS) is 17.7. The maximum Gasteiger partial charge on any atom is 0.246 e. The third-order valence-electron chi connectivity index (χ3n) is 5.87. The number of aryl methyl sites for hydroxylation is 1. The highest BCUT2D eigenvalue weighted by atomic mass is 16.6. The van der Waals surface area contributed by atoms with E-state index in [1.165, 1.54) is 10.4 Å². The summed E-state index contributed by atoms with van der Waals surface area (Å²) < 4.78 is 11.3. The predicted octanol–water partition coefficient (Wildman–Crippen LogP) is 3.04. The number of tetrazole rings is 1. The molecule has 31 heavy (non-hydrogen) atoms. The average Bonchev–Trinajstić information content (AvgIpc) is 3.49. The molecular weight excluding hydrogens is 394 g/mol. The first-order valence-electron chi connectivity index (χ1n) is 10.8. The Hall–Kier alpha value is -3.42. The van der Waals surface area contributed by atoms with E-state index in [0.29, 0.717) is 19.0 Å². The Balaban J connectivity index is 1.29. The van der Waals surface area contributed by atoms with E-state index in [9.17, 15) is 4.79 Å². The standard InChI is InChI=1S/C23H25N5O3/c1-2-16-5-7-17(8-6-16)23-24-26-28(25-23)15-22(29)27-11-3-4-19(27)18-9-10-20-21(14-18)31-13-12-30-20/h5-10,14,19H,2-4,11-13,15H2,1H3/t19-/m0/s1. The molecule has 0 saturated carbocycles. The van der Waals surface area contributed by atoms with Crippen LogP contribution in [-0.2, 0) is 17.8 Å². The first kappa shape index (κ1) is 19.5. The molecule has 0 N–H and O–H groups in total. The maximum absolute atomic E-state index is 13.1. The zero-order chi connectivity index (χ0) is 21.2. The van der Waals surface area contributed by atoms with Crippen molar-refractivity contribution in [3.8, 4) is 22.9 Å². The molecule has 3 heterocycles. The van der Waals surface area contributed by atoms with Crippen molar-refractivity contribution < 1.29 is 14.3 Å². The lowest BCUT2D eigenvalue weighted by Crippen LogP contribution is -2.34. The Kier molecular flexibility index (Phi) is 5.28. The predicted molar refractivity (Wildman–Crippen MR) is 114 cm³/mol. The number of nitrogens with zero attached hydrogens (tertiary/aromatic N) is 5. The number of carbonyl (C=O) groups is 1. The molecule has 8 nitrogen and oxygen atoms in total. The third kappa shape index (κ3) is 3.97. The van der Waals surface area contributed by atoms with Crippen molar-refractivity contribution in [3.63, 3.8) is 0 Å². The SMILES string of the molecule is CCc1ccc(-c2nnn(CC(=O)N3CCC[C@H]3c3ccc4c(c3)OCCO4)n2)cc1. The highest BCUT2D eigenvalue weighted by Gasteiger charge is 2.31. The minimum absolute atomic E-state index is 0.0114. The maximum atomic E-state index is 13.1. The van der Waals surface area contributed by atoms with Crippen LogP contribution in [0.3, 0.4) is 0 Å². The molecule has 2 aliphatic rings. The molecule has 0 radical (unpaired) electrons. The van der Waals surface area contributed by atoms with Gasteiger partial charge in [0.2, 0.25) is 11.7 Å². The molecule has 2 aliphatic heterocycles. The number of ether oxygens (including phenoxy) is 2. The van der Waals surface area contributed by atoms with Crippen molar-refractivity contribution >= 4 is 5.91 Å². The van der Waals surface area contributed by atoms with Gasteiger partial charge in [-0.05, 0) is 47.7 Å². The van der Waals surface area contributed by atoms with Gasteiger partial charge in [-0.2, -0.15) is 4.80 Å². The van der Waals surface area contributed by atoms with Gasteiger partial charge in [0.25, 0.3) is 0 Å². The zero-order valence-corrected chi connectivity index (χ0v) is 17.5. The monoisotopic (exact) mass is 419 g/mol. The first-order chi connectivity index (χ1) is 15.2. The number of aromatic nitrogens is 4. The van der Waals surface area contributed by atoms with E-state index in [4.69, 9.17) is 9.47 Å². The number of fused-ring (bicyclic) bond motifs is 1. The molecule has 1 amide bonds. The second kappa shape index (κ2) is 8.37. The van der Waals surface area contributed by atoms with Crippen LogP contribution in [0.4, 0.5) is 0 Å². The number of benzene rings is 2. The fourth-order valence-electron chi connectivity index (χ4n) is 4.21. The smallest absolute Gasteiger partial charge is 0.246 e.